The van der Waals surface area contributed by atoms with Crippen LogP contribution in [0.4, 0.5) is 10.5 Å². The summed E-state index contributed by atoms with van der Waals surface area (Å²) in [6.07, 6.45) is 2.76. The Morgan fingerprint density at radius 1 is 1.07 bits per heavy atom. The van der Waals surface area contributed by atoms with E-state index in [1.165, 1.54) is 0 Å². The van der Waals surface area contributed by atoms with Crippen molar-refractivity contribution in [3.8, 4) is 17.2 Å². The Balaban J connectivity index is 1.49. The highest BCUT2D eigenvalue weighted by atomic mass is 16.5. The van der Waals surface area contributed by atoms with Gasteiger partial charge in [-0.1, -0.05) is 18.2 Å². The fraction of sp³-hybridized carbons (Fsp3) is 0.409. The van der Waals surface area contributed by atoms with Crippen LogP contribution in [0, 0.1) is 0 Å². The monoisotopic (exact) mass is 398 g/mol. The van der Waals surface area contributed by atoms with E-state index in [9.17, 15) is 9.90 Å². The summed E-state index contributed by atoms with van der Waals surface area (Å²) in [5.41, 5.74) is 1.33. The van der Waals surface area contributed by atoms with E-state index in [2.05, 4.69) is 5.32 Å². The molecule has 0 aliphatic carbocycles. The average Bonchev–Trinajstić information content (AvgIpc) is 3.12. The molecule has 7 heteroatoms. The van der Waals surface area contributed by atoms with Gasteiger partial charge in [-0.2, -0.15) is 0 Å². The SMILES string of the molecule is O=C(Nc1ccc2c(c1)OCCCO2)N(Cc1ccccc1O)CC1CCCO1. The number of carbonyl (C=O) groups excluding carboxylic acids is 1. The number of phenols is 1. The fourth-order valence-electron chi connectivity index (χ4n) is 3.55. The molecule has 2 heterocycles. The minimum atomic E-state index is -0.252. The molecule has 0 spiro atoms. The van der Waals surface area contributed by atoms with Crippen LogP contribution in [0.25, 0.3) is 0 Å². The maximum atomic E-state index is 13.1. The second-order valence-corrected chi connectivity index (χ2v) is 7.29. The summed E-state index contributed by atoms with van der Waals surface area (Å²) >= 11 is 0. The first-order valence-electron chi connectivity index (χ1n) is 10.0. The van der Waals surface area contributed by atoms with Gasteiger partial charge in [0.25, 0.3) is 0 Å². The van der Waals surface area contributed by atoms with Gasteiger partial charge in [0.05, 0.1) is 25.9 Å². The molecule has 1 saturated heterocycles. The molecule has 0 saturated carbocycles. The molecule has 2 aromatic rings. The number of nitrogens with zero attached hydrogens (tertiary/aromatic N) is 1. The van der Waals surface area contributed by atoms with Gasteiger partial charge in [0.1, 0.15) is 5.75 Å². The smallest absolute Gasteiger partial charge is 0.322 e. The molecule has 1 unspecified atom stereocenters. The Hall–Kier alpha value is -2.93. The number of carbonyl (C=O) groups is 1. The third kappa shape index (κ3) is 4.92. The molecule has 7 nitrogen and oxygen atoms in total. The number of nitrogens with one attached hydrogen (secondary N) is 1. The number of ether oxygens (including phenoxy) is 3. The molecular weight excluding hydrogens is 372 g/mol. The van der Waals surface area contributed by atoms with Crippen molar-refractivity contribution in [2.45, 2.75) is 31.9 Å². The van der Waals surface area contributed by atoms with Crippen LogP contribution in [-0.2, 0) is 11.3 Å². The predicted molar refractivity (Wildman–Crippen MR) is 109 cm³/mol. The zero-order valence-electron chi connectivity index (χ0n) is 16.3. The lowest BCUT2D eigenvalue weighted by atomic mass is 10.1. The second-order valence-electron chi connectivity index (χ2n) is 7.29. The van der Waals surface area contributed by atoms with Gasteiger partial charge in [0.15, 0.2) is 11.5 Å². The van der Waals surface area contributed by atoms with Crippen molar-refractivity contribution in [1.29, 1.82) is 0 Å². The van der Waals surface area contributed by atoms with Gasteiger partial charge in [-0.05, 0) is 31.0 Å². The maximum absolute atomic E-state index is 13.1. The Labute approximate surface area is 170 Å². The third-order valence-corrected chi connectivity index (χ3v) is 5.09. The number of para-hydroxylation sites is 1. The van der Waals surface area contributed by atoms with E-state index in [0.29, 0.717) is 49.1 Å². The molecular formula is C22H26N2O5. The highest BCUT2D eigenvalue weighted by Crippen LogP contribution is 2.32. The Bertz CT molecular complexity index is 851. The van der Waals surface area contributed by atoms with Crippen molar-refractivity contribution in [3.05, 3.63) is 48.0 Å². The number of anilines is 1. The van der Waals surface area contributed by atoms with Crippen molar-refractivity contribution in [3.63, 3.8) is 0 Å². The van der Waals surface area contributed by atoms with Crippen LogP contribution in [0.5, 0.6) is 17.2 Å². The first-order valence-corrected chi connectivity index (χ1v) is 10.0. The summed E-state index contributed by atoms with van der Waals surface area (Å²) in [4.78, 5) is 14.7. The highest BCUT2D eigenvalue weighted by Gasteiger charge is 2.24. The molecule has 2 aliphatic heterocycles. The Morgan fingerprint density at radius 3 is 2.69 bits per heavy atom. The van der Waals surface area contributed by atoms with E-state index >= 15 is 0 Å². The van der Waals surface area contributed by atoms with E-state index in [0.717, 1.165) is 25.9 Å². The summed E-state index contributed by atoms with van der Waals surface area (Å²) in [7, 11) is 0. The van der Waals surface area contributed by atoms with Gasteiger partial charge in [-0.3, -0.25) is 0 Å². The zero-order chi connectivity index (χ0) is 20.1. The van der Waals surface area contributed by atoms with Crippen molar-refractivity contribution < 1.29 is 24.1 Å². The third-order valence-electron chi connectivity index (χ3n) is 5.09. The van der Waals surface area contributed by atoms with Crippen molar-refractivity contribution in [2.24, 2.45) is 0 Å². The molecule has 4 rings (SSSR count). The van der Waals surface area contributed by atoms with Crippen molar-refractivity contribution >= 4 is 11.7 Å². The number of aromatic hydroxyl groups is 1. The van der Waals surface area contributed by atoms with E-state index in [-0.39, 0.29) is 17.9 Å². The minimum Gasteiger partial charge on any atom is -0.508 e. The standard InChI is InChI=1S/C22H26N2O5/c25-19-7-2-1-5-16(19)14-24(15-18-6-3-10-27-18)22(26)23-17-8-9-20-21(13-17)29-12-4-11-28-20/h1-2,5,7-9,13,18,25H,3-4,6,10-12,14-15H2,(H,23,26). The van der Waals surface area contributed by atoms with Crippen LogP contribution in [0.2, 0.25) is 0 Å². The molecule has 0 bridgehead atoms. The van der Waals surface area contributed by atoms with Gasteiger partial charge in [0.2, 0.25) is 0 Å². The number of fused-ring (bicyclic) bond motifs is 1. The summed E-state index contributed by atoms with van der Waals surface area (Å²) in [5.74, 6) is 1.49. The topological polar surface area (TPSA) is 80.3 Å². The normalized spacial score (nSPS) is 18.1. The van der Waals surface area contributed by atoms with Crippen LogP contribution in [0.3, 0.4) is 0 Å². The molecule has 2 aliphatic rings. The van der Waals surface area contributed by atoms with Crippen LogP contribution >= 0.6 is 0 Å². The molecule has 29 heavy (non-hydrogen) atoms. The molecule has 0 radical (unpaired) electrons. The van der Waals surface area contributed by atoms with Gasteiger partial charge < -0.3 is 29.5 Å². The summed E-state index contributed by atoms with van der Waals surface area (Å²) in [6.45, 7) is 2.68. The molecule has 2 N–H and O–H groups in total. The Morgan fingerprint density at radius 2 is 1.90 bits per heavy atom. The van der Waals surface area contributed by atoms with Gasteiger partial charge in [-0.25, -0.2) is 4.79 Å². The summed E-state index contributed by atoms with van der Waals surface area (Å²) < 4.78 is 17.1. The number of rotatable bonds is 5. The van der Waals surface area contributed by atoms with Gasteiger partial charge in [0, 0.05) is 36.9 Å². The molecule has 0 aromatic heterocycles. The number of hydrogen-bond acceptors (Lipinski definition) is 5. The Kier molecular flexibility index (Phi) is 6.05. The van der Waals surface area contributed by atoms with Crippen LogP contribution in [0.1, 0.15) is 24.8 Å². The van der Waals surface area contributed by atoms with Crippen molar-refractivity contribution in [2.75, 3.05) is 31.7 Å². The van der Waals surface area contributed by atoms with Gasteiger partial charge in [-0.15, -0.1) is 0 Å². The molecule has 2 amide bonds. The lowest BCUT2D eigenvalue weighted by Gasteiger charge is -2.26. The second kappa shape index (κ2) is 9.05. The molecule has 154 valence electrons. The zero-order valence-corrected chi connectivity index (χ0v) is 16.3. The average molecular weight is 398 g/mol. The first kappa shape index (κ1) is 19.4. The number of phenolic OH excluding ortho intramolecular Hbond substituents is 1. The summed E-state index contributed by atoms with van der Waals surface area (Å²) in [5, 5.41) is 13.1. The van der Waals surface area contributed by atoms with Gasteiger partial charge >= 0.3 is 6.03 Å². The number of urea groups is 1. The van der Waals surface area contributed by atoms with Crippen LogP contribution in [-0.4, -0.2) is 48.5 Å². The highest BCUT2D eigenvalue weighted by molar-refractivity contribution is 5.89. The van der Waals surface area contributed by atoms with E-state index in [4.69, 9.17) is 14.2 Å². The van der Waals surface area contributed by atoms with Crippen molar-refractivity contribution in [1.82, 2.24) is 4.90 Å². The molecule has 1 fully saturated rings. The van der Waals surface area contributed by atoms with E-state index in [1.54, 1.807) is 29.2 Å². The largest absolute Gasteiger partial charge is 0.508 e. The summed E-state index contributed by atoms with van der Waals surface area (Å²) in [6, 6.07) is 12.2. The lowest BCUT2D eigenvalue weighted by Crippen LogP contribution is -2.39. The lowest BCUT2D eigenvalue weighted by molar-refractivity contribution is 0.0817. The predicted octanol–water partition coefficient (Wildman–Crippen LogP) is 3.77. The quantitative estimate of drug-likeness (QED) is 0.802. The number of benzene rings is 2. The minimum absolute atomic E-state index is 0.00961. The van der Waals surface area contributed by atoms with E-state index in [1.807, 2.05) is 18.2 Å². The number of amides is 2. The van der Waals surface area contributed by atoms with E-state index < -0.39 is 0 Å². The van der Waals surface area contributed by atoms with Crippen LogP contribution in [0.15, 0.2) is 42.5 Å². The molecule has 1 atom stereocenters. The molecule has 2 aromatic carbocycles. The number of hydrogen-bond donors (Lipinski definition) is 2. The van der Waals surface area contributed by atoms with Crippen LogP contribution < -0.4 is 14.8 Å². The maximum Gasteiger partial charge on any atom is 0.322 e. The fourth-order valence-corrected chi connectivity index (χ4v) is 3.55. The first-order chi connectivity index (χ1) is 14.2.